The predicted octanol–water partition coefficient (Wildman–Crippen LogP) is 3.74. The average Bonchev–Trinajstić information content (AvgIpc) is 3.11. The second kappa shape index (κ2) is 6.83. The normalized spacial score (nSPS) is 18.4. The minimum Gasteiger partial charge on any atom is -0.361 e. The third kappa shape index (κ3) is 3.47. The van der Waals surface area contributed by atoms with Crippen molar-refractivity contribution >= 4 is 17.2 Å². The van der Waals surface area contributed by atoms with E-state index in [1.54, 1.807) is 11.3 Å². The molecule has 1 atom stereocenters. The quantitative estimate of drug-likeness (QED) is 0.855. The number of likely N-dealkylation sites (tertiary alicyclic amines) is 1. The third-order valence-electron chi connectivity index (χ3n) is 4.52. The van der Waals surface area contributed by atoms with Crippen LogP contribution in [0.25, 0.3) is 0 Å². The van der Waals surface area contributed by atoms with Gasteiger partial charge in [-0.15, -0.1) is 11.3 Å². The number of nitrogens with zero attached hydrogens (tertiary/aromatic N) is 3. The number of thiazole rings is 1. The van der Waals surface area contributed by atoms with Crippen molar-refractivity contribution in [2.45, 2.75) is 58.9 Å². The van der Waals surface area contributed by atoms with Gasteiger partial charge in [0.15, 0.2) is 0 Å². The second-order valence-electron chi connectivity index (χ2n) is 6.23. The van der Waals surface area contributed by atoms with E-state index < -0.39 is 0 Å². The highest BCUT2D eigenvalue weighted by Gasteiger charge is 2.29. The smallest absolute Gasteiger partial charge is 0.223 e. The highest BCUT2D eigenvalue weighted by molar-refractivity contribution is 7.09. The number of amides is 1. The number of carbonyl (C=O) groups is 1. The summed E-state index contributed by atoms with van der Waals surface area (Å²) in [5.74, 6) is 1.03. The minimum atomic E-state index is 0.152. The molecule has 1 amide bonds. The first kappa shape index (κ1) is 16.2. The largest absolute Gasteiger partial charge is 0.361 e. The van der Waals surface area contributed by atoms with Crippen molar-refractivity contribution in [3.63, 3.8) is 0 Å². The summed E-state index contributed by atoms with van der Waals surface area (Å²) in [4.78, 5) is 19.4. The lowest BCUT2D eigenvalue weighted by Crippen LogP contribution is -2.38. The third-order valence-corrected chi connectivity index (χ3v) is 5.58. The van der Waals surface area contributed by atoms with Crippen LogP contribution in [0.5, 0.6) is 0 Å². The first-order chi connectivity index (χ1) is 11.1. The zero-order valence-electron chi connectivity index (χ0n) is 14.0. The molecule has 2 aromatic heterocycles. The molecule has 0 N–H and O–H groups in total. The van der Waals surface area contributed by atoms with Gasteiger partial charge in [0.2, 0.25) is 5.91 Å². The molecule has 6 heteroatoms. The molecule has 0 saturated carbocycles. The molecular weight excluding hydrogens is 310 g/mol. The molecule has 1 aliphatic rings. The molecule has 1 fully saturated rings. The van der Waals surface area contributed by atoms with Crippen LogP contribution in [-0.4, -0.2) is 27.5 Å². The van der Waals surface area contributed by atoms with E-state index in [0.717, 1.165) is 53.5 Å². The summed E-state index contributed by atoms with van der Waals surface area (Å²) in [6, 6.07) is 0.152. The van der Waals surface area contributed by atoms with E-state index in [0.29, 0.717) is 12.8 Å². The molecular formula is C17H23N3O2S. The Morgan fingerprint density at radius 3 is 2.87 bits per heavy atom. The van der Waals surface area contributed by atoms with Crippen LogP contribution in [0.2, 0.25) is 0 Å². The van der Waals surface area contributed by atoms with Gasteiger partial charge < -0.3 is 9.42 Å². The van der Waals surface area contributed by atoms with Crippen LogP contribution in [0.1, 0.15) is 59.4 Å². The summed E-state index contributed by atoms with van der Waals surface area (Å²) in [5.41, 5.74) is 3.00. The van der Waals surface area contributed by atoms with Gasteiger partial charge in [-0.25, -0.2) is 4.98 Å². The molecule has 0 aromatic carbocycles. The van der Waals surface area contributed by atoms with E-state index in [1.807, 2.05) is 25.7 Å². The van der Waals surface area contributed by atoms with E-state index in [-0.39, 0.29) is 11.9 Å². The fourth-order valence-electron chi connectivity index (χ4n) is 3.25. The first-order valence-electron chi connectivity index (χ1n) is 8.19. The lowest BCUT2D eigenvalue weighted by Gasteiger charge is -2.34. The van der Waals surface area contributed by atoms with Crippen LogP contribution in [-0.2, 0) is 11.2 Å². The lowest BCUT2D eigenvalue weighted by atomic mass is 10.0. The molecule has 1 aliphatic heterocycles. The van der Waals surface area contributed by atoms with Gasteiger partial charge in [-0.05, 0) is 46.5 Å². The zero-order chi connectivity index (χ0) is 16.4. The van der Waals surface area contributed by atoms with E-state index in [2.05, 4.69) is 15.5 Å². The first-order valence-corrected chi connectivity index (χ1v) is 9.07. The maximum atomic E-state index is 12.8. The maximum Gasteiger partial charge on any atom is 0.223 e. The molecule has 124 valence electrons. The predicted molar refractivity (Wildman–Crippen MR) is 89.5 cm³/mol. The maximum absolute atomic E-state index is 12.8. The summed E-state index contributed by atoms with van der Waals surface area (Å²) in [6.07, 6.45) is 4.46. The van der Waals surface area contributed by atoms with Gasteiger partial charge in [0.1, 0.15) is 10.8 Å². The van der Waals surface area contributed by atoms with Crippen molar-refractivity contribution in [2.24, 2.45) is 0 Å². The van der Waals surface area contributed by atoms with Gasteiger partial charge in [0.25, 0.3) is 0 Å². The molecule has 5 nitrogen and oxygen atoms in total. The Hall–Kier alpha value is -1.69. The summed E-state index contributed by atoms with van der Waals surface area (Å²) in [5, 5.41) is 7.11. The molecule has 0 spiro atoms. The Morgan fingerprint density at radius 2 is 2.22 bits per heavy atom. The highest BCUT2D eigenvalue weighted by atomic mass is 32.1. The monoisotopic (exact) mass is 333 g/mol. The fourth-order valence-corrected chi connectivity index (χ4v) is 4.19. The Balaban J connectivity index is 1.69. The standard InChI is InChI=1S/C17H23N3O2S/c1-11-10-23-17(18-11)15-6-4-5-9-20(15)16(21)8-7-14-12(2)19-22-13(14)3/h10,15H,4-9H2,1-3H3/t15-/m0/s1. The second-order valence-corrected chi connectivity index (χ2v) is 7.12. The molecule has 1 saturated heterocycles. The van der Waals surface area contributed by atoms with Crippen LogP contribution in [0, 0.1) is 20.8 Å². The number of hydrogen-bond acceptors (Lipinski definition) is 5. The number of piperidine rings is 1. The van der Waals surface area contributed by atoms with Gasteiger partial charge >= 0.3 is 0 Å². The minimum absolute atomic E-state index is 0.152. The SMILES string of the molecule is Cc1csc([C@@H]2CCCCN2C(=O)CCc2c(C)noc2C)n1. The highest BCUT2D eigenvalue weighted by Crippen LogP contribution is 2.33. The van der Waals surface area contributed by atoms with Gasteiger partial charge in [-0.1, -0.05) is 5.16 Å². The average molecular weight is 333 g/mol. The van der Waals surface area contributed by atoms with Crippen molar-refractivity contribution in [1.29, 1.82) is 0 Å². The molecule has 0 radical (unpaired) electrons. The molecule has 0 aliphatic carbocycles. The Morgan fingerprint density at radius 1 is 1.39 bits per heavy atom. The van der Waals surface area contributed by atoms with Crippen molar-refractivity contribution in [3.8, 4) is 0 Å². The Kier molecular flexibility index (Phi) is 4.80. The fraction of sp³-hybridized carbons (Fsp3) is 0.588. The summed E-state index contributed by atoms with van der Waals surface area (Å²) in [7, 11) is 0. The summed E-state index contributed by atoms with van der Waals surface area (Å²) >= 11 is 1.67. The van der Waals surface area contributed by atoms with Crippen LogP contribution in [0.15, 0.2) is 9.90 Å². The topological polar surface area (TPSA) is 59.2 Å². The Bertz CT molecular complexity index is 672. The summed E-state index contributed by atoms with van der Waals surface area (Å²) in [6.45, 7) is 6.68. The zero-order valence-corrected chi connectivity index (χ0v) is 14.8. The van der Waals surface area contributed by atoms with E-state index >= 15 is 0 Å². The molecule has 23 heavy (non-hydrogen) atoms. The molecule has 0 unspecified atom stereocenters. The molecule has 3 heterocycles. The van der Waals surface area contributed by atoms with Gasteiger partial charge in [-0.3, -0.25) is 4.79 Å². The van der Waals surface area contributed by atoms with Gasteiger partial charge in [-0.2, -0.15) is 0 Å². The summed E-state index contributed by atoms with van der Waals surface area (Å²) < 4.78 is 5.18. The van der Waals surface area contributed by atoms with E-state index in [1.165, 1.54) is 0 Å². The van der Waals surface area contributed by atoms with E-state index in [9.17, 15) is 4.79 Å². The van der Waals surface area contributed by atoms with Gasteiger partial charge in [0.05, 0.1) is 11.7 Å². The molecule has 0 bridgehead atoms. The number of rotatable bonds is 4. The van der Waals surface area contributed by atoms with Crippen molar-refractivity contribution in [2.75, 3.05) is 6.54 Å². The number of aryl methyl sites for hydroxylation is 3. The Labute approximate surface area is 140 Å². The van der Waals surface area contributed by atoms with Crippen LogP contribution in [0.3, 0.4) is 0 Å². The lowest BCUT2D eigenvalue weighted by molar-refractivity contribution is -0.135. The van der Waals surface area contributed by atoms with Gasteiger partial charge in [0, 0.05) is 29.6 Å². The van der Waals surface area contributed by atoms with Crippen LogP contribution in [0.4, 0.5) is 0 Å². The number of hydrogen-bond donors (Lipinski definition) is 0. The van der Waals surface area contributed by atoms with Crippen LogP contribution >= 0.6 is 11.3 Å². The van der Waals surface area contributed by atoms with Crippen LogP contribution < -0.4 is 0 Å². The van der Waals surface area contributed by atoms with E-state index in [4.69, 9.17) is 4.52 Å². The number of aromatic nitrogens is 2. The number of carbonyl (C=O) groups excluding carboxylic acids is 1. The molecule has 3 rings (SSSR count). The van der Waals surface area contributed by atoms with Crippen molar-refractivity contribution < 1.29 is 9.32 Å². The van der Waals surface area contributed by atoms with Crippen molar-refractivity contribution in [3.05, 3.63) is 33.1 Å². The van der Waals surface area contributed by atoms with Crippen molar-refractivity contribution in [1.82, 2.24) is 15.0 Å². The molecule has 2 aromatic rings.